The first-order valence-corrected chi connectivity index (χ1v) is 11.8. The average molecular weight is 484 g/mol. The minimum absolute atomic E-state index is 0.156. The van der Waals surface area contributed by atoms with Crippen LogP contribution in [0.25, 0.3) is 5.57 Å². The van der Waals surface area contributed by atoms with Gasteiger partial charge in [-0.2, -0.15) is 0 Å². The third-order valence-corrected chi connectivity index (χ3v) is 7.64. The molecule has 1 aromatic carbocycles. The second kappa shape index (κ2) is 8.21. The molecule has 0 aliphatic carbocycles. The number of aromatic nitrogens is 1. The molecule has 4 heterocycles. The number of nitrogens with zero attached hydrogens (tertiary/aromatic N) is 2. The van der Waals surface area contributed by atoms with Crippen LogP contribution in [0.4, 0.5) is 10.1 Å². The fourth-order valence-corrected chi connectivity index (χ4v) is 5.93. The predicted octanol–water partition coefficient (Wildman–Crippen LogP) is 2.53. The Balaban J connectivity index is 1.80. The van der Waals surface area contributed by atoms with Gasteiger partial charge >= 0.3 is 5.97 Å². The van der Waals surface area contributed by atoms with Crippen molar-refractivity contribution < 1.29 is 23.8 Å². The lowest BCUT2D eigenvalue weighted by Crippen LogP contribution is -2.38. The van der Waals surface area contributed by atoms with Crippen molar-refractivity contribution in [3.63, 3.8) is 0 Å². The van der Waals surface area contributed by atoms with Crippen LogP contribution in [0.5, 0.6) is 0 Å². The molecule has 34 heavy (non-hydrogen) atoms. The molecular weight excluding hydrogens is 461 g/mol. The highest BCUT2D eigenvalue weighted by Gasteiger charge is 2.33. The summed E-state index contributed by atoms with van der Waals surface area (Å²) in [7, 11) is 0. The monoisotopic (exact) mass is 483 g/mol. The van der Waals surface area contributed by atoms with E-state index in [4.69, 9.17) is 9.73 Å². The van der Waals surface area contributed by atoms with Crippen molar-refractivity contribution in [1.82, 2.24) is 9.88 Å². The molecule has 5 rings (SSSR count). The van der Waals surface area contributed by atoms with Gasteiger partial charge in [-0.1, -0.05) is 6.08 Å². The summed E-state index contributed by atoms with van der Waals surface area (Å²) in [6.07, 6.45) is 0.298. The molecule has 2 unspecified atom stereocenters. The van der Waals surface area contributed by atoms with Crippen LogP contribution in [0.2, 0.25) is 0 Å². The van der Waals surface area contributed by atoms with Gasteiger partial charge in [0.2, 0.25) is 5.91 Å². The molecule has 0 fully saturated rings. The number of aliphatic hydroxyl groups excluding tert-OH is 1. The summed E-state index contributed by atoms with van der Waals surface area (Å²) in [5.74, 6) is -0.892. The number of carbonyl (C=O) groups excluding carboxylic acids is 2. The number of halogens is 1. The maximum atomic E-state index is 14.8. The lowest BCUT2D eigenvalue weighted by Gasteiger charge is -2.30. The van der Waals surface area contributed by atoms with E-state index in [1.54, 1.807) is 19.9 Å². The smallest absolute Gasteiger partial charge is 0.340 e. The number of cyclic esters (lactones) is 1. The average Bonchev–Trinajstić information content (AvgIpc) is 2.84. The number of benzene rings is 1. The zero-order valence-electron chi connectivity index (χ0n) is 18.8. The fourth-order valence-electron chi connectivity index (χ4n) is 4.66. The van der Waals surface area contributed by atoms with E-state index >= 15 is 0 Å². The number of nitrogens with one attached hydrogen (secondary N) is 1. The molecule has 0 saturated heterocycles. The summed E-state index contributed by atoms with van der Waals surface area (Å²) < 4.78 is 21.3. The molecule has 1 aromatic heterocycles. The van der Waals surface area contributed by atoms with E-state index < -0.39 is 23.4 Å². The molecule has 0 bridgehead atoms. The highest BCUT2D eigenvalue weighted by atomic mass is 32.2. The van der Waals surface area contributed by atoms with E-state index in [1.165, 1.54) is 29.3 Å². The van der Waals surface area contributed by atoms with Crippen molar-refractivity contribution in [1.29, 1.82) is 0 Å². The maximum absolute atomic E-state index is 14.8. The van der Waals surface area contributed by atoms with Gasteiger partial charge in [-0.25, -0.2) is 9.18 Å². The summed E-state index contributed by atoms with van der Waals surface area (Å²) in [5, 5.41) is 13.3. The van der Waals surface area contributed by atoms with Gasteiger partial charge in [-0.15, -0.1) is 11.8 Å². The number of hydrogen-bond donors (Lipinski definition) is 2. The topological polar surface area (TPSA) is 110 Å². The summed E-state index contributed by atoms with van der Waals surface area (Å²) in [6, 6.07) is 2.59. The van der Waals surface area contributed by atoms with E-state index in [2.05, 4.69) is 5.32 Å². The van der Waals surface area contributed by atoms with E-state index in [0.29, 0.717) is 28.4 Å². The summed E-state index contributed by atoms with van der Waals surface area (Å²) >= 11 is 1.46. The molecular formula is C24H22FN3O5S. The van der Waals surface area contributed by atoms with Crippen LogP contribution in [0.15, 0.2) is 32.9 Å². The predicted molar refractivity (Wildman–Crippen MR) is 125 cm³/mol. The van der Waals surface area contributed by atoms with Gasteiger partial charge < -0.3 is 19.7 Å². The Morgan fingerprint density at radius 1 is 1.32 bits per heavy atom. The fraction of sp³-hybridized carbons (Fsp3) is 0.333. The second-order valence-electron chi connectivity index (χ2n) is 8.52. The van der Waals surface area contributed by atoms with Gasteiger partial charge in [0.25, 0.3) is 5.56 Å². The van der Waals surface area contributed by atoms with E-state index in [-0.39, 0.29) is 36.2 Å². The minimum Gasteiger partial charge on any atom is -0.458 e. The number of esters is 1. The van der Waals surface area contributed by atoms with Crippen molar-refractivity contribution in [2.75, 3.05) is 5.75 Å². The third kappa shape index (κ3) is 3.48. The number of allylic oxidation sites excluding steroid dienone is 1. The van der Waals surface area contributed by atoms with Crippen molar-refractivity contribution in [2.24, 2.45) is 4.99 Å². The van der Waals surface area contributed by atoms with Crippen molar-refractivity contribution in [3.8, 4) is 0 Å². The van der Waals surface area contributed by atoms with Gasteiger partial charge in [0.1, 0.15) is 12.4 Å². The van der Waals surface area contributed by atoms with Gasteiger partial charge in [-0.3, -0.25) is 14.6 Å². The Labute approximate surface area is 198 Å². The Hall–Kier alpha value is -3.24. The zero-order valence-corrected chi connectivity index (χ0v) is 19.6. The number of fused-ring (bicyclic) bond motifs is 2. The maximum Gasteiger partial charge on any atom is 0.340 e. The summed E-state index contributed by atoms with van der Waals surface area (Å²) in [4.78, 5) is 42.6. The van der Waals surface area contributed by atoms with Gasteiger partial charge in [0.05, 0.1) is 28.7 Å². The first kappa shape index (κ1) is 22.5. The minimum atomic E-state index is -1.56. The standard InChI is InChI=1S/C24H22FN3O5S/c1-10-16(25)7-17-20-13(18(27-12(3)29)9-34-22(10)20)4-5-28-19(11(2)26-17)6-14-15(23(28)31)8-33-24(32)21(14)30/h4,6-7,18,21,30H,5,8-9H2,1-3H3,(H,27,29)/b13-4+,26-11+. The van der Waals surface area contributed by atoms with Crippen LogP contribution in [-0.4, -0.2) is 39.1 Å². The molecule has 0 spiro atoms. The van der Waals surface area contributed by atoms with E-state index in [9.17, 15) is 23.9 Å². The van der Waals surface area contributed by atoms with Crippen LogP contribution in [-0.2, 0) is 27.5 Å². The molecule has 10 heteroatoms. The number of carbonyl (C=O) groups is 2. The third-order valence-electron chi connectivity index (χ3n) is 6.35. The number of ether oxygens (including phenoxy) is 1. The SMILES string of the molecule is CC(=O)NC1CSc2c(C)c(F)cc3c2/C1=C/Cn1c(cc2c(c1=O)COC(=O)C2O)/C(C)=N/3. The Morgan fingerprint density at radius 3 is 2.82 bits per heavy atom. The Kier molecular flexibility index (Phi) is 5.44. The number of thioether (sulfide) groups is 1. The number of aliphatic hydroxyl groups is 1. The molecule has 0 saturated carbocycles. The number of rotatable bonds is 1. The molecule has 1 amide bonds. The molecule has 3 aliphatic rings. The molecule has 3 aliphatic heterocycles. The molecule has 0 radical (unpaired) electrons. The number of hydrogen-bond acceptors (Lipinski definition) is 7. The molecule has 2 atom stereocenters. The zero-order chi connectivity index (χ0) is 24.3. The molecule has 8 nitrogen and oxygen atoms in total. The van der Waals surface area contributed by atoms with Crippen LogP contribution in [0.3, 0.4) is 0 Å². The van der Waals surface area contributed by atoms with E-state index in [1.807, 2.05) is 6.08 Å². The molecule has 176 valence electrons. The Morgan fingerprint density at radius 2 is 2.09 bits per heavy atom. The lowest BCUT2D eigenvalue weighted by molar-refractivity contribution is -0.157. The van der Waals surface area contributed by atoms with Crippen LogP contribution < -0.4 is 10.9 Å². The Bertz CT molecular complexity index is 1390. The highest BCUT2D eigenvalue weighted by molar-refractivity contribution is 7.99. The van der Waals surface area contributed by atoms with Crippen molar-refractivity contribution in [3.05, 3.63) is 62.3 Å². The molecule has 2 N–H and O–H groups in total. The normalized spacial score (nSPS) is 24.0. The summed E-state index contributed by atoms with van der Waals surface area (Å²) in [6.45, 7) is 4.78. The lowest BCUT2D eigenvalue weighted by atomic mass is 9.94. The summed E-state index contributed by atoms with van der Waals surface area (Å²) in [5.41, 5.74) is 3.23. The van der Waals surface area contributed by atoms with Gasteiger partial charge in [0, 0.05) is 41.3 Å². The quantitative estimate of drug-likeness (QED) is 0.604. The number of pyridine rings is 1. The highest BCUT2D eigenvalue weighted by Crippen LogP contribution is 2.45. The van der Waals surface area contributed by atoms with Gasteiger partial charge in [0.15, 0.2) is 6.10 Å². The first-order chi connectivity index (χ1) is 16.2. The van der Waals surface area contributed by atoms with Crippen LogP contribution in [0, 0.1) is 12.7 Å². The van der Waals surface area contributed by atoms with E-state index in [0.717, 1.165) is 16.0 Å². The second-order valence-corrected chi connectivity index (χ2v) is 9.55. The van der Waals surface area contributed by atoms with Crippen molar-refractivity contribution >= 4 is 40.6 Å². The van der Waals surface area contributed by atoms with Crippen LogP contribution in [0.1, 0.15) is 47.9 Å². The van der Waals surface area contributed by atoms with Gasteiger partial charge in [-0.05, 0) is 31.1 Å². The number of amides is 1. The van der Waals surface area contributed by atoms with Crippen molar-refractivity contribution in [2.45, 2.75) is 51.0 Å². The largest absolute Gasteiger partial charge is 0.458 e. The van der Waals surface area contributed by atoms with Crippen LogP contribution >= 0.6 is 11.8 Å². The molecule has 2 aromatic rings. The number of aliphatic imine (C=N–C) groups is 1. The first-order valence-electron chi connectivity index (χ1n) is 10.8.